The smallest absolute Gasteiger partial charge is 0.123 e. The van der Waals surface area contributed by atoms with Gasteiger partial charge in [-0.25, -0.2) is 4.39 Å². The lowest BCUT2D eigenvalue weighted by atomic mass is 10.0. The third-order valence-corrected chi connectivity index (χ3v) is 4.35. The van der Waals surface area contributed by atoms with Crippen LogP contribution < -0.4 is 5.32 Å². The first-order valence-electron chi connectivity index (χ1n) is 7.67. The van der Waals surface area contributed by atoms with Crippen molar-refractivity contribution in [3.8, 4) is 5.75 Å². The van der Waals surface area contributed by atoms with E-state index in [0.29, 0.717) is 24.2 Å². The highest BCUT2D eigenvalue weighted by Gasteiger charge is 2.31. The van der Waals surface area contributed by atoms with Gasteiger partial charge in [0.15, 0.2) is 0 Å². The molecule has 3 nitrogen and oxygen atoms in total. The lowest BCUT2D eigenvalue weighted by Gasteiger charge is -2.31. The van der Waals surface area contributed by atoms with E-state index >= 15 is 0 Å². The number of phenolic OH excluding ortho intramolecular Hbond substituents is 1. The molecule has 1 aromatic carbocycles. The van der Waals surface area contributed by atoms with Gasteiger partial charge >= 0.3 is 0 Å². The van der Waals surface area contributed by atoms with Crippen LogP contribution in [-0.2, 0) is 6.54 Å². The van der Waals surface area contributed by atoms with Gasteiger partial charge in [0.2, 0.25) is 0 Å². The molecule has 1 saturated carbocycles. The van der Waals surface area contributed by atoms with E-state index in [2.05, 4.69) is 10.2 Å². The van der Waals surface area contributed by atoms with Crippen LogP contribution in [-0.4, -0.2) is 35.2 Å². The zero-order chi connectivity index (χ0) is 13.9. The minimum absolute atomic E-state index is 0.202. The van der Waals surface area contributed by atoms with Gasteiger partial charge in [0.1, 0.15) is 11.6 Å². The molecule has 2 aliphatic rings. The molecule has 1 saturated heterocycles. The topological polar surface area (TPSA) is 35.5 Å². The van der Waals surface area contributed by atoms with E-state index in [1.54, 1.807) is 0 Å². The first kappa shape index (κ1) is 13.8. The number of benzene rings is 1. The Bertz CT molecular complexity index is 456. The van der Waals surface area contributed by atoms with Crippen LogP contribution in [0.25, 0.3) is 0 Å². The molecule has 1 aliphatic heterocycles. The van der Waals surface area contributed by atoms with E-state index in [1.165, 1.54) is 50.3 Å². The molecular weight excluding hydrogens is 255 g/mol. The molecule has 2 N–H and O–H groups in total. The monoisotopic (exact) mass is 278 g/mol. The highest BCUT2D eigenvalue weighted by atomic mass is 19.1. The predicted octanol–water partition coefficient (Wildman–Crippen LogP) is 2.64. The molecule has 0 bridgehead atoms. The van der Waals surface area contributed by atoms with E-state index in [9.17, 15) is 9.50 Å². The van der Waals surface area contributed by atoms with Crippen LogP contribution in [0, 0.1) is 5.82 Å². The number of nitrogens with zero attached hydrogens (tertiary/aromatic N) is 1. The highest BCUT2D eigenvalue weighted by Crippen LogP contribution is 2.31. The van der Waals surface area contributed by atoms with E-state index in [0.717, 1.165) is 13.1 Å². The molecule has 1 aliphatic carbocycles. The summed E-state index contributed by atoms with van der Waals surface area (Å²) in [5.74, 6) is -0.0713. The van der Waals surface area contributed by atoms with Crippen LogP contribution in [0.2, 0.25) is 0 Å². The summed E-state index contributed by atoms with van der Waals surface area (Å²) in [6.45, 7) is 2.75. The predicted molar refractivity (Wildman–Crippen MR) is 77.1 cm³/mol. The Kier molecular flexibility index (Phi) is 4.22. The van der Waals surface area contributed by atoms with Gasteiger partial charge in [-0.05, 0) is 50.4 Å². The van der Waals surface area contributed by atoms with Crippen LogP contribution in [0.5, 0.6) is 5.75 Å². The molecule has 1 atom stereocenters. The minimum atomic E-state index is -0.274. The summed E-state index contributed by atoms with van der Waals surface area (Å²) in [4.78, 5) is 2.40. The van der Waals surface area contributed by atoms with Gasteiger partial charge in [0.05, 0.1) is 0 Å². The average molecular weight is 278 g/mol. The fourth-order valence-electron chi connectivity index (χ4n) is 3.04. The number of halogens is 1. The second-order valence-electron chi connectivity index (χ2n) is 6.08. The van der Waals surface area contributed by atoms with Gasteiger partial charge in [-0.1, -0.05) is 6.42 Å². The third kappa shape index (κ3) is 3.49. The molecule has 0 radical (unpaired) electrons. The second-order valence-corrected chi connectivity index (χ2v) is 6.08. The van der Waals surface area contributed by atoms with E-state index < -0.39 is 0 Å². The molecule has 1 heterocycles. The molecule has 1 unspecified atom stereocenters. The SMILES string of the molecule is Oc1ccc(F)cc1CN(CC1CCCCN1)C1CC1. The summed E-state index contributed by atoms with van der Waals surface area (Å²) >= 11 is 0. The molecule has 1 aromatic rings. The Morgan fingerprint density at radius 3 is 2.80 bits per heavy atom. The number of hydrogen-bond acceptors (Lipinski definition) is 3. The van der Waals surface area contributed by atoms with Crippen LogP contribution in [0.4, 0.5) is 4.39 Å². The van der Waals surface area contributed by atoms with Crippen molar-refractivity contribution in [2.75, 3.05) is 13.1 Å². The number of phenols is 1. The van der Waals surface area contributed by atoms with Gasteiger partial charge in [-0.3, -0.25) is 4.90 Å². The maximum Gasteiger partial charge on any atom is 0.123 e. The normalized spacial score (nSPS) is 23.2. The number of nitrogens with one attached hydrogen (secondary N) is 1. The van der Waals surface area contributed by atoms with Gasteiger partial charge < -0.3 is 10.4 Å². The second kappa shape index (κ2) is 6.10. The molecule has 0 aromatic heterocycles. The van der Waals surface area contributed by atoms with Crippen molar-refractivity contribution in [2.45, 2.75) is 50.7 Å². The maximum atomic E-state index is 13.3. The van der Waals surface area contributed by atoms with E-state index in [4.69, 9.17) is 0 Å². The molecule has 2 fully saturated rings. The summed E-state index contributed by atoms with van der Waals surface area (Å²) in [5.41, 5.74) is 0.702. The number of aromatic hydroxyl groups is 1. The van der Waals surface area contributed by atoms with E-state index in [1.807, 2.05) is 0 Å². The lowest BCUT2D eigenvalue weighted by molar-refractivity contribution is 0.206. The first-order valence-corrected chi connectivity index (χ1v) is 7.67. The Labute approximate surface area is 119 Å². The Balaban J connectivity index is 1.66. The van der Waals surface area contributed by atoms with Crippen molar-refractivity contribution in [1.29, 1.82) is 0 Å². The number of hydrogen-bond donors (Lipinski definition) is 2. The number of rotatable bonds is 5. The minimum Gasteiger partial charge on any atom is -0.508 e. The lowest BCUT2D eigenvalue weighted by Crippen LogP contribution is -2.44. The summed E-state index contributed by atoms with van der Waals surface area (Å²) in [7, 11) is 0. The number of piperidine rings is 1. The Morgan fingerprint density at radius 1 is 1.25 bits per heavy atom. The third-order valence-electron chi connectivity index (χ3n) is 4.35. The van der Waals surface area contributed by atoms with Gasteiger partial charge in [-0.2, -0.15) is 0 Å². The summed E-state index contributed by atoms with van der Waals surface area (Å²) in [5, 5.41) is 13.4. The molecular formula is C16H23FN2O. The summed E-state index contributed by atoms with van der Waals surface area (Å²) in [6.07, 6.45) is 6.23. The standard InChI is InChI=1S/C16H23FN2O/c17-13-4-7-16(20)12(9-13)10-19(15-5-6-15)11-14-3-1-2-8-18-14/h4,7,9,14-15,18,20H,1-3,5-6,8,10-11H2. The van der Waals surface area contributed by atoms with E-state index in [-0.39, 0.29) is 11.6 Å². The summed E-state index contributed by atoms with van der Waals surface area (Å²) in [6, 6.07) is 5.37. The van der Waals surface area contributed by atoms with Crippen LogP contribution in [0.15, 0.2) is 18.2 Å². The fourth-order valence-corrected chi connectivity index (χ4v) is 3.04. The van der Waals surface area contributed by atoms with Crippen molar-refractivity contribution < 1.29 is 9.50 Å². The van der Waals surface area contributed by atoms with Crippen molar-refractivity contribution in [3.05, 3.63) is 29.6 Å². The highest BCUT2D eigenvalue weighted by molar-refractivity contribution is 5.32. The Hall–Kier alpha value is -1.13. The van der Waals surface area contributed by atoms with Crippen molar-refractivity contribution in [3.63, 3.8) is 0 Å². The fraction of sp³-hybridized carbons (Fsp3) is 0.625. The van der Waals surface area contributed by atoms with Gasteiger partial charge in [-0.15, -0.1) is 0 Å². The molecule has 0 spiro atoms. The van der Waals surface area contributed by atoms with Gasteiger partial charge in [0, 0.05) is 30.7 Å². The van der Waals surface area contributed by atoms with Gasteiger partial charge in [0.25, 0.3) is 0 Å². The van der Waals surface area contributed by atoms with Crippen LogP contribution in [0.1, 0.15) is 37.7 Å². The maximum absolute atomic E-state index is 13.3. The zero-order valence-electron chi connectivity index (χ0n) is 11.8. The van der Waals surface area contributed by atoms with Crippen LogP contribution >= 0.6 is 0 Å². The Morgan fingerprint density at radius 2 is 2.10 bits per heavy atom. The zero-order valence-corrected chi connectivity index (χ0v) is 11.8. The first-order chi connectivity index (χ1) is 9.72. The quantitative estimate of drug-likeness (QED) is 0.869. The molecule has 110 valence electrons. The van der Waals surface area contributed by atoms with Crippen molar-refractivity contribution in [1.82, 2.24) is 10.2 Å². The van der Waals surface area contributed by atoms with Crippen LogP contribution in [0.3, 0.4) is 0 Å². The van der Waals surface area contributed by atoms with Crippen molar-refractivity contribution in [2.24, 2.45) is 0 Å². The molecule has 20 heavy (non-hydrogen) atoms. The largest absolute Gasteiger partial charge is 0.508 e. The summed E-state index contributed by atoms with van der Waals surface area (Å²) < 4.78 is 13.3. The van der Waals surface area contributed by atoms with Crippen molar-refractivity contribution >= 4 is 0 Å². The molecule has 3 rings (SSSR count). The molecule has 4 heteroatoms. The molecule has 0 amide bonds. The average Bonchev–Trinajstić information content (AvgIpc) is 3.28.